The Morgan fingerprint density at radius 3 is 2.53 bits per heavy atom. The van der Waals surface area contributed by atoms with Gasteiger partial charge >= 0.3 is 5.97 Å². The van der Waals surface area contributed by atoms with Gasteiger partial charge in [0.05, 0.1) is 17.9 Å². The van der Waals surface area contributed by atoms with Crippen molar-refractivity contribution in [2.24, 2.45) is 5.73 Å². The number of ketones is 1. The standard InChI is InChI=1S/C25H25N3O5S/c1-3-33-25(32)21-16-6-4-5-7-20(16)34-24(21)28-18(22(30)17(13-26)23(27)31)12-19(29)15-10-8-14(2)9-11-15/h8-12,28,30H,3-7H2,1-2H3,(H2,27,31)/b18-12-,22-17-. The van der Waals surface area contributed by atoms with E-state index in [1.165, 1.54) is 11.3 Å². The van der Waals surface area contributed by atoms with Crippen molar-refractivity contribution in [3.63, 3.8) is 0 Å². The van der Waals surface area contributed by atoms with Gasteiger partial charge < -0.3 is 20.9 Å². The number of nitrogens with two attached hydrogens (primary N) is 1. The average molecular weight is 480 g/mol. The van der Waals surface area contributed by atoms with Crippen LogP contribution >= 0.6 is 11.3 Å². The van der Waals surface area contributed by atoms with E-state index in [4.69, 9.17) is 10.5 Å². The van der Waals surface area contributed by atoms with E-state index in [0.717, 1.165) is 41.3 Å². The van der Waals surface area contributed by atoms with Crippen molar-refractivity contribution in [1.29, 1.82) is 5.26 Å². The van der Waals surface area contributed by atoms with Crippen LogP contribution in [-0.2, 0) is 22.4 Å². The normalized spacial score (nSPS) is 13.9. The quantitative estimate of drug-likeness (QED) is 0.129. The second kappa shape index (κ2) is 10.8. The zero-order valence-electron chi connectivity index (χ0n) is 18.9. The molecule has 4 N–H and O–H groups in total. The number of nitrogens with one attached hydrogen (secondary N) is 1. The molecule has 2 aromatic rings. The number of anilines is 1. The number of allylic oxidation sites excluding steroid dienone is 1. The molecule has 8 nitrogen and oxygen atoms in total. The van der Waals surface area contributed by atoms with E-state index in [-0.39, 0.29) is 12.3 Å². The predicted octanol–water partition coefficient (Wildman–Crippen LogP) is 4.11. The summed E-state index contributed by atoms with van der Waals surface area (Å²) in [5.74, 6) is -2.93. The first-order valence-electron chi connectivity index (χ1n) is 10.8. The number of ether oxygens (including phenoxy) is 1. The smallest absolute Gasteiger partial charge is 0.341 e. The number of amides is 1. The SMILES string of the molecule is CCOC(=O)c1c(NC(=C\C(=O)c2ccc(C)cc2)/C(O)=C(\C#N)C(N)=O)sc2c1CCCC2. The van der Waals surface area contributed by atoms with Gasteiger partial charge in [-0.2, -0.15) is 5.26 Å². The number of primary amides is 1. The number of rotatable bonds is 8. The molecule has 0 fully saturated rings. The Morgan fingerprint density at radius 2 is 1.91 bits per heavy atom. The van der Waals surface area contributed by atoms with E-state index in [0.29, 0.717) is 22.5 Å². The van der Waals surface area contributed by atoms with Crippen LogP contribution in [0.25, 0.3) is 0 Å². The van der Waals surface area contributed by atoms with Crippen molar-refractivity contribution in [3.8, 4) is 6.07 Å². The highest BCUT2D eigenvalue weighted by molar-refractivity contribution is 7.16. The molecule has 0 atom stereocenters. The molecule has 9 heteroatoms. The fraction of sp³-hybridized carbons (Fsp3) is 0.280. The number of aryl methyl sites for hydroxylation is 2. The van der Waals surface area contributed by atoms with Crippen LogP contribution in [0.15, 0.2) is 47.4 Å². The fourth-order valence-corrected chi connectivity index (χ4v) is 4.94. The summed E-state index contributed by atoms with van der Waals surface area (Å²) >= 11 is 1.32. The molecule has 1 heterocycles. The monoisotopic (exact) mass is 479 g/mol. The molecule has 1 aliphatic carbocycles. The van der Waals surface area contributed by atoms with Gasteiger partial charge in [0.2, 0.25) is 0 Å². The Balaban J connectivity index is 2.13. The van der Waals surface area contributed by atoms with E-state index in [1.54, 1.807) is 37.3 Å². The molecular formula is C25H25N3O5S. The van der Waals surface area contributed by atoms with Crippen LogP contribution < -0.4 is 11.1 Å². The van der Waals surface area contributed by atoms with Gasteiger partial charge in [0, 0.05) is 16.5 Å². The number of nitriles is 1. The van der Waals surface area contributed by atoms with Crippen molar-refractivity contribution in [3.05, 3.63) is 74.5 Å². The summed E-state index contributed by atoms with van der Waals surface area (Å²) in [6.45, 7) is 3.77. The van der Waals surface area contributed by atoms with Crippen LogP contribution in [0.2, 0.25) is 0 Å². The van der Waals surface area contributed by atoms with Crippen molar-refractivity contribution in [1.82, 2.24) is 0 Å². The van der Waals surface area contributed by atoms with Crippen molar-refractivity contribution in [2.45, 2.75) is 39.5 Å². The van der Waals surface area contributed by atoms with Crippen molar-refractivity contribution < 1.29 is 24.2 Å². The number of fused-ring (bicyclic) bond motifs is 1. The minimum absolute atomic E-state index is 0.183. The molecule has 3 rings (SSSR count). The molecule has 0 spiro atoms. The van der Waals surface area contributed by atoms with Crippen LogP contribution in [0.4, 0.5) is 5.00 Å². The lowest BCUT2D eigenvalue weighted by Gasteiger charge is -2.14. The first kappa shape index (κ1) is 24.7. The number of benzene rings is 1. The number of esters is 1. The van der Waals surface area contributed by atoms with Gasteiger partial charge in [-0.25, -0.2) is 4.79 Å². The number of thiophene rings is 1. The Morgan fingerprint density at radius 1 is 1.24 bits per heavy atom. The third-order valence-electron chi connectivity index (χ3n) is 5.36. The molecule has 0 aliphatic heterocycles. The Labute approximate surface area is 201 Å². The van der Waals surface area contributed by atoms with Crippen LogP contribution in [0.3, 0.4) is 0 Å². The highest BCUT2D eigenvalue weighted by Gasteiger charge is 2.28. The van der Waals surface area contributed by atoms with E-state index < -0.39 is 29.0 Å². The van der Waals surface area contributed by atoms with Gasteiger partial charge in [0.25, 0.3) is 5.91 Å². The topological polar surface area (TPSA) is 143 Å². The van der Waals surface area contributed by atoms with Gasteiger partial charge in [-0.1, -0.05) is 29.8 Å². The maximum Gasteiger partial charge on any atom is 0.341 e. The molecular weight excluding hydrogens is 454 g/mol. The van der Waals surface area contributed by atoms with E-state index in [1.807, 2.05) is 6.92 Å². The van der Waals surface area contributed by atoms with E-state index >= 15 is 0 Å². The molecule has 0 saturated heterocycles. The Bertz CT molecular complexity index is 1230. The highest BCUT2D eigenvalue weighted by atomic mass is 32.1. The lowest BCUT2D eigenvalue weighted by molar-refractivity contribution is -0.114. The summed E-state index contributed by atoms with van der Waals surface area (Å²) in [5, 5.41) is 23.3. The molecule has 0 radical (unpaired) electrons. The second-order valence-corrected chi connectivity index (χ2v) is 8.85. The molecule has 1 aromatic carbocycles. The van der Waals surface area contributed by atoms with Crippen molar-refractivity contribution >= 4 is 34.0 Å². The number of hydrogen-bond donors (Lipinski definition) is 3. The molecule has 0 bridgehead atoms. The van der Waals surface area contributed by atoms with Gasteiger partial charge in [-0.3, -0.25) is 9.59 Å². The molecule has 176 valence electrons. The highest BCUT2D eigenvalue weighted by Crippen LogP contribution is 2.39. The van der Waals surface area contributed by atoms with Crippen LogP contribution in [-0.4, -0.2) is 29.4 Å². The number of aliphatic hydroxyl groups excluding tert-OH is 1. The molecule has 0 saturated carbocycles. The largest absolute Gasteiger partial charge is 0.504 e. The molecule has 1 amide bonds. The summed E-state index contributed by atoms with van der Waals surface area (Å²) in [5.41, 5.74) is 6.83. The zero-order valence-corrected chi connectivity index (χ0v) is 19.8. The Kier molecular flexibility index (Phi) is 7.87. The summed E-state index contributed by atoms with van der Waals surface area (Å²) in [6, 6.07) is 8.35. The molecule has 1 aliphatic rings. The number of aliphatic hydroxyl groups is 1. The predicted molar refractivity (Wildman–Crippen MR) is 129 cm³/mol. The van der Waals surface area contributed by atoms with E-state index in [2.05, 4.69) is 5.32 Å². The zero-order chi connectivity index (χ0) is 24.8. The first-order valence-corrected chi connectivity index (χ1v) is 11.6. The number of nitrogens with zero attached hydrogens (tertiary/aromatic N) is 1. The van der Waals surface area contributed by atoms with Crippen LogP contribution in [0.1, 0.15) is 56.5 Å². The van der Waals surface area contributed by atoms with Crippen LogP contribution in [0, 0.1) is 18.3 Å². The van der Waals surface area contributed by atoms with Gasteiger partial charge in [-0.05, 0) is 45.1 Å². The fourth-order valence-electron chi connectivity index (χ4n) is 3.65. The number of hydrogen-bond acceptors (Lipinski definition) is 8. The summed E-state index contributed by atoms with van der Waals surface area (Å²) < 4.78 is 5.24. The first-order chi connectivity index (χ1) is 16.3. The third-order valence-corrected chi connectivity index (χ3v) is 6.57. The minimum Gasteiger partial charge on any atom is -0.504 e. The number of carbonyl (C=O) groups is 3. The molecule has 34 heavy (non-hydrogen) atoms. The van der Waals surface area contributed by atoms with E-state index in [9.17, 15) is 24.8 Å². The molecule has 1 aromatic heterocycles. The molecule has 0 unspecified atom stereocenters. The summed E-state index contributed by atoms with van der Waals surface area (Å²) in [7, 11) is 0. The van der Waals surface area contributed by atoms with Gasteiger partial charge in [0.1, 0.15) is 11.1 Å². The maximum absolute atomic E-state index is 12.9. The lowest BCUT2D eigenvalue weighted by Crippen LogP contribution is -2.18. The minimum atomic E-state index is -1.15. The lowest BCUT2D eigenvalue weighted by atomic mass is 9.95. The summed E-state index contributed by atoms with van der Waals surface area (Å²) in [6.07, 6.45) is 4.48. The van der Waals surface area contributed by atoms with Gasteiger partial charge in [0.15, 0.2) is 17.1 Å². The average Bonchev–Trinajstić information content (AvgIpc) is 3.17. The Hall–Kier alpha value is -3.90. The number of carbonyl (C=O) groups excluding carboxylic acids is 3. The summed E-state index contributed by atoms with van der Waals surface area (Å²) in [4.78, 5) is 38.4. The maximum atomic E-state index is 12.9. The third kappa shape index (κ3) is 5.35. The van der Waals surface area contributed by atoms with Crippen LogP contribution in [0.5, 0.6) is 0 Å². The second-order valence-electron chi connectivity index (χ2n) is 7.75. The van der Waals surface area contributed by atoms with Crippen molar-refractivity contribution in [2.75, 3.05) is 11.9 Å². The van der Waals surface area contributed by atoms with Gasteiger partial charge in [-0.15, -0.1) is 11.3 Å².